The zero-order chi connectivity index (χ0) is 15.5. The van der Waals surface area contributed by atoms with Gasteiger partial charge in [0, 0.05) is 18.0 Å². The van der Waals surface area contributed by atoms with Crippen LogP contribution in [0.1, 0.15) is 42.3 Å². The zero-order valence-corrected chi connectivity index (χ0v) is 13.8. The first kappa shape index (κ1) is 15.1. The molecule has 0 saturated heterocycles. The number of urea groups is 1. The number of thiophene rings is 1. The van der Waals surface area contributed by atoms with E-state index < -0.39 is 0 Å². The van der Waals surface area contributed by atoms with Gasteiger partial charge in [-0.15, -0.1) is 11.3 Å². The van der Waals surface area contributed by atoms with Gasteiger partial charge < -0.3 is 5.32 Å². The van der Waals surface area contributed by atoms with E-state index >= 15 is 0 Å². The Morgan fingerprint density at radius 3 is 2.82 bits per heavy atom. The molecule has 5 nitrogen and oxygen atoms in total. The molecule has 2 amide bonds. The molecule has 22 heavy (non-hydrogen) atoms. The number of rotatable bonds is 4. The van der Waals surface area contributed by atoms with Crippen LogP contribution in [0.2, 0.25) is 0 Å². The van der Waals surface area contributed by atoms with Crippen molar-refractivity contribution in [2.24, 2.45) is 13.0 Å². The van der Waals surface area contributed by atoms with Crippen LogP contribution in [-0.4, -0.2) is 15.8 Å². The second-order valence-electron chi connectivity index (χ2n) is 5.93. The van der Waals surface area contributed by atoms with Gasteiger partial charge in [-0.25, -0.2) is 4.79 Å². The minimum absolute atomic E-state index is 0.108. The van der Waals surface area contributed by atoms with E-state index in [9.17, 15) is 4.79 Å². The van der Waals surface area contributed by atoms with Crippen molar-refractivity contribution in [2.45, 2.75) is 38.6 Å². The van der Waals surface area contributed by atoms with E-state index in [1.165, 1.54) is 30.6 Å². The molecule has 0 spiro atoms. The average Bonchev–Trinajstić information content (AvgIpc) is 3.20. The Labute approximate surface area is 134 Å². The summed E-state index contributed by atoms with van der Waals surface area (Å²) in [6.45, 7) is 1.91. The van der Waals surface area contributed by atoms with E-state index in [4.69, 9.17) is 0 Å². The molecule has 1 aliphatic carbocycles. The molecule has 2 aromatic rings. The number of hydrogen-bond acceptors (Lipinski definition) is 3. The summed E-state index contributed by atoms with van der Waals surface area (Å²) >= 11 is 1.71. The van der Waals surface area contributed by atoms with Gasteiger partial charge in [-0.2, -0.15) is 5.10 Å². The third kappa shape index (κ3) is 3.32. The smallest absolute Gasteiger partial charge is 0.320 e. The molecule has 2 N–H and O–H groups in total. The monoisotopic (exact) mass is 318 g/mol. The third-order valence-corrected chi connectivity index (χ3v) is 5.21. The second kappa shape index (κ2) is 6.52. The molecule has 1 aliphatic rings. The van der Waals surface area contributed by atoms with Crippen molar-refractivity contribution in [3.63, 3.8) is 0 Å². The predicted molar refractivity (Wildman–Crippen MR) is 89.1 cm³/mol. The molecule has 0 aromatic carbocycles. The van der Waals surface area contributed by atoms with Crippen LogP contribution in [0.25, 0.3) is 0 Å². The highest BCUT2D eigenvalue weighted by atomic mass is 32.1. The number of nitrogens with one attached hydrogen (secondary N) is 2. The SMILES string of the molecule is Cc1cc(NC(=O)N[C@@H](c2cccs2)C2CCCC2)n(C)n1. The Kier molecular flexibility index (Phi) is 4.47. The molecular formula is C16H22N4OS. The number of hydrogen-bond donors (Lipinski definition) is 2. The zero-order valence-electron chi connectivity index (χ0n) is 13.0. The van der Waals surface area contributed by atoms with E-state index in [-0.39, 0.29) is 12.1 Å². The van der Waals surface area contributed by atoms with Gasteiger partial charge in [-0.05, 0) is 37.1 Å². The molecule has 118 valence electrons. The number of aromatic nitrogens is 2. The second-order valence-corrected chi connectivity index (χ2v) is 6.91. The minimum Gasteiger partial charge on any atom is -0.330 e. The fraction of sp³-hybridized carbons (Fsp3) is 0.500. The molecule has 0 bridgehead atoms. The lowest BCUT2D eigenvalue weighted by Gasteiger charge is -2.23. The minimum atomic E-state index is -0.159. The topological polar surface area (TPSA) is 59.0 Å². The normalized spacial score (nSPS) is 16.6. The number of aryl methyl sites for hydroxylation is 2. The van der Waals surface area contributed by atoms with Crippen LogP contribution in [0.4, 0.5) is 10.6 Å². The van der Waals surface area contributed by atoms with Crippen molar-refractivity contribution in [1.82, 2.24) is 15.1 Å². The van der Waals surface area contributed by atoms with Crippen molar-refractivity contribution in [3.8, 4) is 0 Å². The Hall–Kier alpha value is -1.82. The maximum atomic E-state index is 12.4. The van der Waals surface area contributed by atoms with Crippen LogP contribution >= 0.6 is 11.3 Å². The Bertz CT molecular complexity index is 629. The maximum Gasteiger partial charge on any atom is 0.320 e. The fourth-order valence-corrected chi connectivity index (χ4v) is 4.07. The predicted octanol–water partition coefficient (Wildman–Crippen LogP) is 3.84. The van der Waals surface area contributed by atoms with Gasteiger partial charge in [-0.3, -0.25) is 10.00 Å². The molecule has 1 saturated carbocycles. The summed E-state index contributed by atoms with van der Waals surface area (Å²) in [6.07, 6.45) is 4.90. The van der Waals surface area contributed by atoms with Crippen LogP contribution in [0.5, 0.6) is 0 Å². The molecule has 0 radical (unpaired) electrons. The third-order valence-electron chi connectivity index (χ3n) is 4.25. The van der Waals surface area contributed by atoms with E-state index in [1.807, 2.05) is 26.1 Å². The van der Waals surface area contributed by atoms with E-state index in [0.717, 1.165) is 5.69 Å². The first-order valence-electron chi connectivity index (χ1n) is 7.75. The summed E-state index contributed by atoms with van der Waals surface area (Å²) < 4.78 is 1.69. The molecule has 6 heteroatoms. The molecule has 1 fully saturated rings. The summed E-state index contributed by atoms with van der Waals surface area (Å²) in [5.41, 5.74) is 0.892. The highest BCUT2D eigenvalue weighted by Crippen LogP contribution is 2.37. The Morgan fingerprint density at radius 1 is 1.45 bits per heavy atom. The summed E-state index contributed by atoms with van der Waals surface area (Å²) in [7, 11) is 1.83. The summed E-state index contributed by atoms with van der Waals surface area (Å²) in [6, 6.07) is 5.98. The highest BCUT2D eigenvalue weighted by molar-refractivity contribution is 7.10. The van der Waals surface area contributed by atoms with Crippen LogP contribution < -0.4 is 10.6 Å². The van der Waals surface area contributed by atoms with Gasteiger partial charge in [0.2, 0.25) is 0 Å². The number of carbonyl (C=O) groups excluding carboxylic acids is 1. The van der Waals surface area contributed by atoms with Crippen molar-refractivity contribution >= 4 is 23.2 Å². The maximum absolute atomic E-state index is 12.4. The average molecular weight is 318 g/mol. The van der Waals surface area contributed by atoms with Crippen molar-refractivity contribution in [1.29, 1.82) is 0 Å². The Balaban J connectivity index is 1.70. The number of amides is 2. The molecule has 0 aliphatic heterocycles. The lowest BCUT2D eigenvalue weighted by atomic mass is 9.97. The number of carbonyl (C=O) groups is 1. The van der Waals surface area contributed by atoms with Crippen molar-refractivity contribution in [2.75, 3.05) is 5.32 Å². The first-order chi connectivity index (χ1) is 10.6. The molecule has 3 rings (SSSR count). The lowest BCUT2D eigenvalue weighted by Crippen LogP contribution is -2.36. The van der Waals surface area contributed by atoms with Gasteiger partial charge >= 0.3 is 6.03 Å². The highest BCUT2D eigenvalue weighted by Gasteiger charge is 2.28. The van der Waals surface area contributed by atoms with Crippen LogP contribution in [0.15, 0.2) is 23.6 Å². The van der Waals surface area contributed by atoms with Gasteiger partial charge in [0.25, 0.3) is 0 Å². The van der Waals surface area contributed by atoms with Crippen LogP contribution in [-0.2, 0) is 7.05 Å². The largest absolute Gasteiger partial charge is 0.330 e. The van der Waals surface area contributed by atoms with E-state index in [2.05, 4.69) is 27.2 Å². The number of anilines is 1. The van der Waals surface area contributed by atoms with Crippen molar-refractivity contribution in [3.05, 3.63) is 34.2 Å². The molecule has 2 heterocycles. The van der Waals surface area contributed by atoms with Crippen LogP contribution in [0.3, 0.4) is 0 Å². The Morgan fingerprint density at radius 2 is 2.23 bits per heavy atom. The quantitative estimate of drug-likeness (QED) is 0.899. The summed E-state index contributed by atoms with van der Waals surface area (Å²) in [5, 5.41) is 12.4. The van der Waals surface area contributed by atoms with Crippen molar-refractivity contribution < 1.29 is 4.79 Å². The molecule has 2 aromatic heterocycles. The van der Waals surface area contributed by atoms with Gasteiger partial charge in [0.15, 0.2) is 0 Å². The van der Waals surface area contributed by atoms with E-state index in [0.29, 0.717) is 11.7 Å². The standard InChI is InChI=1S/C16H22N4OS/c1-11-10-14(20(2)19-11)17-16(21)18-15(12-6-3-4-7-12)13-8-5-9-22-13/h5,8-10,12,15H,3-4,6-7H2,1-2H3,(H2,17,18,21)/t15-/m1/s1. The summed E-state index contributed by atoms with van der Waals surface area (Å²) in [4.78, 5) is 13.6. The molecular weight excluding hydrogens is 296 g/mol. The van der Waals surface area contributed by atoms with E-state index in [1.54, 1.807) is 16.0 Å². The lowest BCUT2D eigenvalue weighted by molar-refractivity contribution is 0.243. The van der Waals surface area contributed by atoms with Gasteiger partial charge in [0.1, 0.15) is 5.82 Å². The molecule has 0 unspecified atom stereocenters. The van der Waals surface area contributed by atoms with Gasteiger partial charge in [0.05, 0.1) is 11.7 Å². The fourth-order valence-electron chi connectivity index (χ4n) is 3.20. The summed E-state index contributed by atoms with van der Waals surface area (Å²) in [5.74, 6) is 1.25. The number of nitrogens with zero attached hydrogens (tertiary/aromatic N) is 2. The first-order valence-corrected chi connectivity index (χ1v) is 8.63. The van der Waals surface area contributed by atoms with Gasteiger partial charge in [-0.1, -0.05) is 18.9 Å². The van der Waals surface area contributed by atoms with Crippen LogP contribution in [0, 0.1) is 12.8 Å². The molecule has 1 atom stereocenters.